The summed E-state index contributed by atoms with van der Waals surface area (Å²) >= 11 is 0. The smallest absolute Gasteiger partial charge is 0.157 e. The molecule has 100 valence electrons. The van der Waals surface area contributed by atoms with Crippen LogP contribution in [0.1, 0.15) is 44.7 Å². The maximum absolute atomic E-state index is 12.3. The Kier molecular flexibility index (Phi) is 4.47. The van der Waals surface area contributed by atoms with Crippen molar-refractivity contribution >= 4 is 5.78 Å². The van der Waals surface area contributed by atoms with Crippen molar-refractivity contribution in [2.45, 2.75) is 52.1 Å². The van der Waals surface area contributed by atoms with E-state index in [1.807, 2.05) is 0 Å². The fourth-order valence-corrected chi connectivity index (χ4v) is 2.91. The number of hydrogen-bond donors (Lipinski definition) is 1. The Morgan fingerprint density at radius 2 is 2.28 bits per heavy atom. The van der Waals surface area contributed by atoms with Gasteiger partial charge in [0.1, 0.15) is 6.54 Å². The molecule has 0 aliphatic heterocycles. The summed E-state index contributed by atoms with van der Waals surface area (Å²) in [7, 11) is 0. The molecule has 0 amide bonds. The second-order valence-corrected chi connectivity index (χ2v) is 5.14. The average molecular weight is 250 g/mol. The van der Waals surface area contributed by atoms with Crippen molar-refractivity contribution in [3.63, 3.8) is 0 Å². The van der Waals surface area contributed by atoms with Gasteiger partial charge in [0.15, 0.2) is 5.78 Å². The molecule has 0 aromatic carbocycles. The highest BCUT2D eigenvalue weighted by Gasteiger charge is 2.29. The molecule has 1 aromatic rings. The SMILES string of the molecule is CCC1CCCCC1C(=O)Cn1cc(CN)nn1. The van der Waals surface area contributed by atoms with Crippen LogP contribution >= 0.6 is 0 Å². The predicted molar refractivity (Wildman–Crippen MR) is 68.7 cm³/mol. The summed E-state index contributed by atoms with van der Waals surface area (Å²) in [6, 6.07) is 0. The van der Waals surface area contributed by atoms with Gasteiger partial charge in [-0.25, -0.2) is 4.68 Å². The highest BCUT2D eigenvalue weighted by atomic mass is 16.1. The van der Waals surface area contributed by atoms with Crippen molar-refractivity contribution < 1.29 is 4.79 Å². The van der Waals surface area contributed by atoms with Gasteiger partial charge in [-0.1, -0.05) is 31.4 Å². The quantitative estimate of drug-likeness (QED) is 0.860. The predicted octanol–water partition coefficient (Wildman–Crippen LogP) is 1.52. The molecule has 1 aliphatic carbocycles. The largest absolute Gasteiger partial charge is 0.325 e. The third kappa shape index (κ3) is 2.96. The minimum absolute atomic E-state index is 0.217. The Hall–Kier alpha value is -1.23. The van der Waals surface area contributed by atoms with E-state index in [-0.39, 0.29) is 5.92 Å². The maximum Gasteiger partial charge on any atom is 0.157 e. The number of carbonyl (C=O) groups is 1. The fourth-order valence-electron chi connectivity index (χ4n) is 2.91. The summed E-state index contributed by atoms with van der Waals surface area (Å²) in [5.41, 5.74) is 6.21. The summed E-state index contributed by atoms with van der Waals surface area (Å²) in [5, 5.41) is 7.85. The number of nitrogens with two attached hydrogens (primary N) is 1. The standard InChI is InChI=1S/C13H22N4O/c1-2-10-5-3-4-6-12(10)13(18)9-17-8-11(7-14)15-16-17/h8,10,12H,2-7,9,14H2,1H3. The molecule has 2 unspecified atom stereocenters. The van der Waals surface area contributed by atoms with Gasteiger partial charge in [0.25, 0.3) is 0 Å². The summed E-state index contributed by atoms with van der Waals surface area (Å²) in [4.78, 5) is 12.3. The number of ketones is 1. The van der Waals surface area contributed by atoms with Crippen LogP contribution in [0.2, 0.25) is 0 Å². The van der Waals surface area contributed by atoms with Gasteiger partial charge >= 0.3 is 0 Å². The number of aromatic nitrogens is 3. The van der Waals surface area contributed by atoms with Crippen LogP contribution in [0.25, 0.3) is 0 Å². The maximum atomic E-state index is 12.3. The third-order valence-electron chi connectivity index (χ3n) is 3.96. The number of Topliss-reactive ketones (excluding diaryl/α,β-unsaturated/α-hetero) is 1. The molecule has 2 atom stereocenters. The van der Waals surface area contributed by atoms with Gasteiger partial charge in [-0.15, -0.1) is 5.10 Å². The molecule has 2 N–H and O–H groups in total. The Morgan fingerprint density at radius 3 is 2.94 bits per heavy atom. The van der Waals surface area contributed by atoms with Crippen molar-refractivity contribution in [2.24, 2.45) is 17.6 Å². The molecule has 1 saturated carbocycles. The van der Waals surface area contributed by atoms with E-state index >= 15 is 0 Å². The first-order valence-electron chi connectivity index (χ1n) is 6.86. The Morgan fingerprint density at radius 1 is 1.50 bits per heavy atom. The lowest BCUT2D eigenvalue weighted by Gasteiger charge is -2.29. The van der Waals surface area contributed by atoms with E-state index in [1.54, 1.807) is 10.9 Å². The lowest BCUT2D eigenvalue weighted by molar-refractivity contribution is -0.126. The van der Waals surface area contributed by atoms with Gasteiger partial charge in [0.2, 0.25) is 0 Å². The number of carbonyl (C=O) groups excluding carboxylic acids is 1. The highest BCUT2D eigenvalue weighted by molar-refractivity contribution is 5.81. The monoisotopic (exact) mass is 250 g/mol. The van der Waals surface area contributed by atoms with Gasteiger partial charge in [-0.05, 0) is 18.8 Å². The normalized spacial score (nSPS) is 24.1. The summed E-state index contributed by atoms with van der Waals surface area (Å²) in [6.07, 6.45) is 7.54. The molecule has 2 rings (SSSR count). The molecule has 0 radical (unpaired) electrons. The highest BCUT2D eigenvalue weighted by Crippen LogP contribution is 2.33. The van der Waals surface area contributed by atoms with Crippen LogP contribution in [0.15, 0.2) is 6.20 Å². The van der Waals surface area contributed by atoms with Crippen LogP contribution < -0.4 is 5.73 Å². The molecule has 1 aliphatic rings. The zero-order valence-corrected chi connectivity index (χ0v) is 11.0. The van der Waals surface area contributed by atoms with Crippen molar-refractivity contribution in [1.82, 2.24) is 15.0 Å². The molecule has 18 heavy (non-hydrogen) atoms. The first-order chi connectivity index (χ1) is 8.74. The zero-order valence-electron chi connectivity index (χ0n) is 11.0. The van der Waals surface area contributed by atoms with Gasteiger partial charge in [0.05, 0.1) is 11.9 Å². The average Bonchev–Trinajstić information content (AvgIpc) is 2.86. The Balaban J connectivity index is 1.97. The van der Waals surface area contributed by atoms with E-state index in [2.05, 4.69) is 17.2 Å². The van der Waals surface area contributed by atoms with Crippen LogP contribution in [-0.2, 0) is 17.9 Å². The molecule has 0 saturated heterocycles. The van der Waals surface area contributed by atoms with Crippen molar-refractivity contribution in [3.05, 3.63) is 11.9 Å². The van der Waals surface area contributed by atoms with E-state index in [4.69, 9.17) is 5.73 Å². The molecular formula is C13H22N4O. The Labute approximate surface area is 108 Å². The van der Waals surface area contributed by atoms with Crippen molar-refractivity contribution in [3.8, 4) is 0 Å². The van der Waals surface area contributed by atoms with Crippen LogP contribution in [-0.4, -0.2) is 20.8 Å². The molecule has 1 aromatic heterocycles. The molecule has 5 nitrogen and oxygen atoms in total. The summed E-state index contributed by atoms with van der Waals surface area (Å²) in [6.45, 7) is 2.89. The fraction of sp³-hybridized carbons (Fsp3) is 0.769. The van der Waals surface area contributed by atoms with Gasteiger partial charge < -0.3 is 5.73 Å². The summed E-state index contributed by atoms with van der Waals surface area (Å²) in [5.74, 6) is 1.08. The second-order valence-electron chi connectivity index (χ2n) is 5.14. The Bertz CT molecular complexity index is 401. The van der Waals surface area contributed by atoms with E-state index in [0.29, 0.717) is 24.8 Å². The molecule has 0 bridgehead atoms. The van der Waals surface area contributed by atoms with Crippen molar-refractivity contribution in [2.75, 3.05) is 0 Å². The van der Waals surface area contributed by atoms with Gasteiger partial charge in [0, 0.05) is 12.5 Å². The topological polar surface area (TPSA) is 73.8 Å². The molecule has 1 heterocycles. The van der Waals surface area contributed by atoms with Gasteiger partial charge in [-0.3, -0.25) is 4.79 Å². The van der Waals surface area contributed by atoms with E-state index < -0.39 is 0 Å². The van der Waals surface area contributed by atoms with Crippen LogP contribution in [0.3, 0.4) is 0 Å². The number of hydrogen-bond acceptors (Lipinski definition) is 4. The molecule has 1 fully saturated rings. The van der Waals surface area contributed by atoms with Crippen LogP contribution in [0.4, 0.5) is 0 Å². The van der Waals surface area contributed by atoms with Crippen molar-refractivity contribution in [1.29, 1.82) is 0 Å². The molecular weight excluding hydrogens is 228 g/mol. The van der Waals surface area contributed by atoms with E-state index in [1.165, 1.54) is 19.3 Å². The van der Waals surface area contributed by atoms with E-state index in [9.17, 15) is 4.79 Å². The lowest BCUT2D eigenvalue weighted by atomic mass is 9.75. The summed E-state index contributed by atoms with van der Waals surface area (Å²) < 4.78 is 1.62. The van der Waals surface area contributed by atoms with Crippen LogP contribution in [0, 0.1) is 11.8 Å². The zero-order chi connectivity index (χ0) is 13.0. The first-order valence-corrected chi connectivity index (χ1v) is 6.86. The molecule has 5 heteroatoms. The number of rotatable bonds is 5. The molecule has 0 spiro atoms. The lowest BCUT2D eigenvalue weighted by Crippen LogP contribution is -2.29. The first kappa shape index (κ1) is 13.2. The number of nitrogens with zero attached hydrogens (tertiary/aromatic N) is 3. The second kappa shape index (κ2) is 6.09. The van der Waals surface area contributed by atoms with E-state index in [0.717, 1.165) is 18.5 Å². The minimum Gasteiger partial charge on any atom is -0.325 e. The minimum atomic E-state index is 0.217. The van der Waals surface area contributed by atoms with Gasteiger partial charge in [-0.2, -0.15) is 0 Å². The van der Waals surface area contributed by atoms with Crippen LogP contribution in [0.5, 0.6) is 0 Å². The third-order valence-corrected chi connectivity index (χ3v) is 3.96.